The fraction of sp³-hybridized carbons (Fsp3) is 0.562. The summed E-state index contributed by atoms with van der Waals surface area (Å²) in [7, 11) is 0. The Labute approximate surface area is 139 Å². The number of hydrogen-bond acceptors (Lipinski definition) is 4. The zero-order valence-electron chi connectivity index (χ0n) is 13.6. The summed E-state index contributed by atoms with van der Waals surface area (Å²) < 4.78 is 11.0. The second kappa shape index (κ2) is 11.3. The minimum absolute atomic E-state index is 0. The van der Waals surface area contributed by atoms with Crippen LogP contribution in [0.2, 0.25) is 0 Å². The molecule has 6 heteroatoms. The van der Waals surface area contributed by atoms with Crippen LogP contribution in [-0.4, -0.2) is 31.8 Å². The fourth-order valence-electron chi connectivity index (χ4n) is 1.86. The normalized spacial score (nSPS) is 11.5. The van der Waals surface area contributed by atoms with Gasteiger partial charge in [0.05, 0.1) is 6.61 Å². The smallest absolute Gasteiger partial charge is 0.221 e. The molecule has 1 atom stereocenters. The lowest BCUT2D eigenvalue weighted by molar-refractivity contribution is -0.121. The summed E-state index contributed by atoms with van der Waals surface area (Å²) in [5, 5.41) is 2.86. The van der Waals surface area contributed by atoms with Gasteiger partial charge in [-0.25, -0.2) is 0 Å². The summed E-state index contributed by atoms with van der Waals surface area (Å²) in [6.45, 7) is 7.94. The van der Waals surface area contributed by atoms with E-state index in [0.29, 0.717) is 32.8 Å². The van der Waals surface area contributed by atoms with Gasteiger partial charge in [-0.1, -0.05) is 12.1 Å². The van der Waals surface area contributed by atoms with Crippen LogP contribution in [0.1, 0.15) is 31.4 Å². The van der Waals surface area contributed by atoms with E-state index in [1.165, 1.54) is 0 Å². The van der Waals surface area contributed by atoms with Gasteiger partial charge >= 0.3 is 0 Å². The van der Waals surface area contributed by atoms with Gasteiger partial charge in [-0.05, 0) is 32.4 Å². The molecule has 3 N–H and O–H groups in total. The minimum Gasteiger partial charge on any atom is -0.491 e. The molecule has 0 fully saturated rings. The van der Waals surface area contributed by atoms with E-state index in [2.05, 4.69) is 5.32 Å². The second-order valence-corrected chi connectivity index (χ2v) is 5.11. The van der Waals surface area contributed by atoms with Crippen LogP contribution in [-0.2, 0) is 16.1 Å². The SMILES string of the molecule is CCOCCOc1cc(C)ccc1CNC(=O)CC(C)N.Cl. The first-order chi connectivity index (χ1) is 10.0. The summed E-state index contributed by atoms with van der Waals surface area (Å²) >= 11 is 0. The van der Waals surface area contributed by atoms with E-state index in [9.17, 15) is 4.79 Å². The van der Waals surface area contributed by atoms with Crippen molar-refractivity contribution in [2.24, 2.45) is 5.73 Å². The molecule has 1 unspecified atom stereocenters. The second-order valence-electron chi connectivity index (χ2n) is 5.11. The Bertz CT molecular complexity index is 453. The third kappa shape index (κ3) is 8.22. The molecule has 5 nitrogen and oxygen atoms in total. The number of rotatable bonds is 9. The summed E-state index contributed by atoms with van der Waals surface area (Å²) in [5.74, 6) is 0.738. The highest BCUT2D eigenvalue weighted by atomic mass is 35.5. The number of aryl methyl sites for hydroxylation is 1. The van der Waals surface area contributed by atoms with Gasteiger partial charge in [0.1, 0.15) is 12.4 Å². The zero-order chi connectivity index (χ0) is 15.7. The van der Waals surface area contributed by atoms with Gasteiger partial charge < -0.3 is 20.5 Å². The number of halogens is 1. The topological polar surface area (TPSA) is 73.6 Å². The average molecular weight is 331 g/mol. The molecule has 0 aliphatic heterocycles. The molecular formula is C16H27ClN2O3. The Balaban J connectivity index is 0.00000441. The fourth-order valence-corrected chi connectivity index (χ4v) is 1.86. The van der Waals surface area contributed by atoms with Crippen LogP contribution in [0.3, 0.4) is 0 Å². The van der Waals surface area contributed by atoms with Crippen molar-refractivity contribution in [3.8, 4) is 5.75 Å². The number of nitrogens with one attached hydrogen (secondary N) is 1. The monoisotopic (exact) mass is 330 g/mol. The van der Waals surface area contributed by atoms with Crippen molar-refractivity contribution in [3.05, 3.63) is 29.3 Å². The van der Waals surface area contributed by atoms with E-state index in [4.69, 9.17) is 15.2 Å². The largest absolute Gasteiger partial charge is 0.491 e. The lowest BCUT2D eigenvalue weighted by Gasteiger charge is -2.13. The molecule has 0 spiro atoms. The number of carbonyl (C=O) groups excluding carboxylic acids is 1. The highest BCUT2D eigenvalue weighted by molar-refractivity contribution is 5.85. The molecule has 126 valence electrons. The first-order valence-corrected chi connectivity index (χ1v) is 7.35. The van der Waals surface area contributed by atoms with E-state index < -0.39 is 0 Å². The molecular weight excluding hydrogens is 304 g/mol. The first-order valence-electron chi connectivity index (χ1n) is 7.35. The van der Waals surface area contributed by atoms with E-state index in [1.807, 2.05) is 39.0 Å². The van der Waals surface area contributed by atoms with Gasteiger partial charge in [0.2, 0.25) is 5.91 Å². The molecule has 0 aliphatic rings. The van der Waals surface area contributed by atoms with Crippen LogP contribution in [0.5, 0.6) is 5.75 Å². The van der Waals surface area contributed by atoms with Crippen molar-refractivity contribution in [3.63, 3.8) is 0 Å². The molecule has 1 aromatic rings. The van der Waals surface area contributed by atoms with Crippen LogP contribution >= 0.6 is 12.4 Å². The van der Waals surface area contributed by atoms with Gasteiger partial charge in [-0.15, -0.1) is 12.4 Å². The molecule has 0 radical (unpaired) electrons. The number of hydrogen-bond donors (Lipinski definition) is 2. The van der Waals surface area contributed by atoms with Crippen molar-refractivity contribution in [1.29, 1.82) is 0 Å². The summed E-state index contributed by atoms with van der Waals surface area (Å²) in [4.78, 5) is 11.7. The molecule has 1 amide bonds. The lowest BCUT2D eigenvalue weighted by atomic mass is 10.1. The minimum atomic E-state index is -0.134. The number of amides is 1. The van der Waals surface area contributed by atoms with E-state index in [-0.39, 0.29) is 24.4 Å². The molecule has 1 rings (SSSR count). The van der Waals surface area contributed by atoms with Gasteiger partial charge in [0, 0.05) is 31.2 Å². The van der Waals surface area contributed by atoms with E-state index in [0.717, 1.165) is 16.9 Å². The number of nitrogens with two attached hydrogens (primary N) is 1. The highest BCUT2D eigenvalue weighted by Crippen LogP contribution is 2.20. The average Bonchev–Trinajstić information content (AvgIpc) is 2.42. The zero-order valence-corrected chi connectivity index (χ0v) is 14.4. The van der Waals surface area contributed by atoms with Crippen molar-refractivity contribution >= 4 is 18.3 Å². The predicted octanol–water partition coefficient (Wildman–Crippen LogP) is 2.19. The molecule has 0 aliphatic carbocycles. The van der Waals surface area contributed by atoms with Gasteiger partial charge in [-0.3, -0.25) is 4.79 Å². The third-order valence-electron chi connectivity index (χ3n) is 2.90. The maximum atomic E-state index is 11.7. The predicted molar refractivity (Wildman–Crippen MR) is 90.5 cm³/mol. The summed E-state index contributed by atoms with van der Waals surface area (Å²) in [6, 6.07) is 5.81. The number of carbonyl (C=O) groups is 1. The van der Waals surface area contributed by atoms with Crippen LogP contribution in [0.15, 0.2) is 18.2 Å². The van der Waals surface area contributed by atoms with Gasteiger partial charge in [-0.2, -0.15) is 0 Å². The van der Waals surface area contributed by atoms with Crippen molar-refractivity contribution in [2.75, 3.05) is 19.8 Å². The van der Waals surface area contributed by atoms with Crippen LogP contribution in [0.25, 0.3) is 0 Å². The molecule has 0 saturated carbocycles. The van der Waals surface area contributed by atoms with Crippen molar-refractivity contribution in [1.82, 2.24) is 5.32 Å². The summed E-state index contributed by atoms with van der Waals surface area (Å²) in [6.07, 6.45) is 0.326. The molecule has 0 aromatic heterocycles. The summed E-state index contributed by atoms with van der Waals surface area (Å²) in [5.41, 5.74) is 7.68. The number of benzene rings is 1. The quantitative estimate of drug-likeness (QED) is 0.681. The Morgan fingerprint density at radius 3 is 2.73 bits per heavy atom. The van der Waals surface area contributed by atoms with Gasteiger partial charge in [0.25, 0.3) is 0 Å². The highest BCUT2D eigenvalue weighted by Gasteiger charge is 2.08. The Morgan fingerprint density at radius 2 is 2.09 bits per heavy atom. The van der Waals surface area contributed by atoms with Gasteiger partial charge in [0.15, 0.2) is 0 Å². The van der Waals surface area contributed by atoms with E-state index in [1.54, 1.807) is 0 Å². The molecule has 22 heavy (non-hydrogen) atoms. The molecule has 0 bridgehead atoms. The Morgan fingerprint density at radius 1 is 1.36 bits per heavy atom. The first kappa shape index (κ1) is 20.7. The third-order valence-corrected chi connectivity index (χ3v) is 2.90. The Hall–Kier alpha value is -1.30. The number of ether oxygens (including phenoxy) is 2. The van der Waals surface area contributed by atoms with Crippen LogP contribution in [0.4, 0.5) is 0 Å². The van der Waals surface area contributed by atoms with Crippen LogP contribution < -0.4 is 15.8 Å². The standard InChI is InChI=1S/C16H26N2O3.ClH/c1-4-20-7-8-21-15-9-12(2)5-6-14(15)11-18-16(19)10-13(3)17;/h5-6,9,13H,4,7-8,10-11,17H2,1-3H3,(H,18,19);1H. The van der Waals surface area contributed by atoms with E-state index >= 15 is 0 Å². The lowest BCUT2D eigenvalue weighted by Crippen LogP contribution is -2.29. The van der Waals surface area contributed by atoms with Crippen molar-refractivity contribution < 1.29 is 14.3 Å². The molecule has 0 heterocycles. The van der Waals surface area contributed by atoms with Crippen molar-refractivity contribution in [2.45, 2.75) is 39.8 Å². The Kier molecular flexibility index (Phi) is 10.6. The maximum absolute atomic E-state index is 11.7. The maximum Gasteiger partial charge on any atom is 0.221 e. The van der Waals surface area contributed by atoms with Crippen LogP contribution in [0, 0.1) is 6.92 Å². The molecule has 0 saturated heterocycles. The molecule has 1 aromatic carbocycles.